The molecule has 1 atom stereocenters. The molecule has 0 saturated heterocycles. The van der Waals surface area contributed by atoms with Crippen molar-refractivity contribution < 1.29 is 9.59 Å². The molecule has 1 N–H and O–H groups in total. The van der Waals surface area contributed by atoms with Gasteiger partial charge in [-0.05, 0) is 31.9 Å². The average molecular weight is 358 g/mol. The first kappa shape index (κ1) is 19.9. The van der Waals surface area contributed by atoms with Crippen molar-refractivity contribution in [3.8, 4) is 0 Å². The second kappa shape index (κ2) is 9.36. The highest BCUT2D eigenvalue weighted by atomic mass is 16.2. The highest BCUT2D eigenvalue weighted by Crippen LogP contribution is 2.21. The molecule has 6 heteroatoms. The maximum Gasteiger partial charge on any atom is 0.242 e. The number of hydrogen-bond acceptors (Lipinski definition) is 3. The minimum Gasteiger partial charge on any atom is -0.346 e. The molecule has 26 heavy (non-hydrogen) atoms. The summed E-state index contributed by atoms with van der Waals surface area (Å²) >= 11 is 0. The Hall–Kier alpha value is -2.37. The number of aromatic nitrogens is 2. The normalized spacial score (nSPS) is 12.2. The third kappa shape index (κ3) is 4.62. The number of imidazole rings is 1. The molecule has 0 aliphatic rings. The van der Waals surface area contributed by atoms with Gasteiger partial charge < -0.3 is 14.8 Å². The van der Waals surface area contributed by atoms with E-state index >= 15 is 0 Å². The molecule has 0 spiro atoms. The molecule has 2 amide bonds. The Balaban J connectivity index is 2.35. The summed E-state index contributed by atoms with van der Waals surface area (Å²) < 4.78 is 1.94. The third-order valence-electron chi connectivity index (χ3n) is 4.40. The van der Waals surface area contributed by atoms with E-state index in [1.165, 1.54) is 0 Å². The lowest BCUT2D eigenvalue weighted by Crippen LogP contribution is -2.36. The standard InChI is InChI=1S/C20H30N4O2/c1-5-12-23(13-6-2)19(26)14-24-17-11-9-8-10-16(17)22-20(24)15(4)21-18(25)7-3/h8-11,15H,5-7,12-14H2,1-4H3,(H,21,25). The number of carbonyl (C=O) groups is 2. The van der Waals surface area contributed by atoms with Crippen LogP contribution in [-0.4, -0.2) is 39.4 Å². The summed E-state index contributed by atoms with van der Waals surface area (Å²) in [4.78, 5) is 31.3. The number of nitrogens with zero attached hydrogens (tertiary/aromatic N) is 3. The molecule has 0 saturated carbocycles. The highest BCUT2D eigenvalue weighted by Gasteiger charge is 2.21. The van der Waals surface area contributed by atoms with E-state index in [0.717, 1.165) is 37.0 Å². The van der Waals surface area contributed by atoms with Gasteiger partial charge in [0.1, 0.15) is 12.4 Å². The number of benzene rings is 1. The fourth-order valence-corrected chi connectivity index (χ4v) is 3.14. The van der Waals surface area contributed by atoms with Crippen LogP contribution < -0.4 is 5.32 Å². The van der Waals surface area contributed by atoms with E-state index in [4.69, 9.17) is 0 Å². The van der Waals surface area contributed by atoms with E-state index < -0.39 is 0 Å². The van der Waals surface area contributed by atoms with Gasteiger partial charge in [-0.15, -0.1) is 0 Å². The van der Waals surface area contributed by atoms with Gasteiger partial charge in [-0.25, -0.2) is 4.98 Å². The van der Waals surface area contributed by atoms with Crippen molar-refractivity contribution in [3.05, 3.63) is 30.1 Å². The Morgan fingerprint density at radius 1 is 1.15 bits per heavy atom. The van der Waals surface area contributed by atoms with E-state index in [1.807, 2.05) is 47.6 Å². The molecule has 0 radical (unpaired) electrons. The van der Waals surface area contributed by atoms with Gasteiger partial charge in [0.15, 0.2) is 0 Å². The fraction of sp³-hybridized carbons (Fsp3) is 0.550. The van der Waals surface area contributed by atoms with Crippen molar-refractivity contribution in [1.29, 1.82) is 0 Å². The van der Waals surface area contributed by atoms with Gasteiger partial charge >= 0.3 is 0 Å². The van der Waals surface area contributed by atoms with Crippen LogP contribution in [0.3, 0.4) is 0 Å². The van der Waals surface area contributed by atoms with Crippen molar-refractivity contribution in [2.24, 2.45) is 0 Å². The van der Waals surface area contributed by atoms with E-state index in [2.05, 4.69) is 24.1 Å². The molecule has 2 aromatic rings. The fourth-order valence-electron chi connectivity index (χ4n) is 3.14. The maximum atomic E-state index is 12.9. The second-order valence-electron chi connectivity index (χ2n) is 6.57. The molecular weight excluding hydrogens is 328 g/mol. The van der Waals surface area contributed by atoms with Gasteiger partial charge in [0.2, 0.25) is 11.8 Å². The van der Waals surface area contributed by atoms with Crippen LogP contribution in [0, 0.1) is 0 Å². The topological polar surface area (TPSA) is 67.2 Å². The molecule has 1 heterocycles. The average Bonchev–Trinajstić information content (AvgIpc) is 3.00. The summed E-state index contributed by atoms with van der Waals surface area (Å²) in [6.07, 6.45) is 2.29. The zero-order chi connectivity index (χ0) is 19.1. The third-order valence-corrected chi connectivity index (χ3v) is 4.40. The molecule has 0 bridgehead atoms. The molecular formula is C20H30N4O2. The summed E-state index contributed by atoms with van der Waals surface area (Å²) in [5.41, 5.74) is 1.76. The zero-order valence-electron chi connectivity index (χ0n) is 16.3. The van der Waals surface area contributed by atoms with E-state index in [-0.39, 0.29) is 24.4 Å². The van der Waals surface area contributed by atoms with Crippen molar-refractivity contribution in [3.63, 3.8) is 0 Å². The van der Waals surface area contributed by atoms with Crippen LogP contribution in [0.2, 0.25) is 0 Å². The molecule has 0 fully saturated rings. The molecule has 2 rings (SSSR count). The molecule has 1 aromatic heterocycles. The van der Waals surface area contributed by atoms with Crippen molar-refractivity contribution in [2.75, 3.05) is 13.1 Å². The maximum absolute atomic E-state index is 12.9. The predicted octanol–water partition coefficient (Wildman–Crippen LogP) is 3.27. The molecule has 1 unspecified atom stereocenters. The zero-order valence-corrected chi connectivity index (χ0v) is 16.3. The van der Waals surface area contributed by atoms with Gasteiger partial charge in [-0.2, -0.15) is 0 Å². The Bertz CT molecular complexity index is 747. The van der Waals surface area contributed by atoms with E-state index in [9.17, 15) is 9.59 Å². The Kier molecular flexibility index (Phi) is 7.18. The predicted molar refractivity (Wildman–Crippen MR) is 104 cm³/mol. The molecule has 142 valence electrons. The first-order chi connectivity index (χ1) is 12.5. The van der Waals surface area contributed by atoms with Gasteiger partial charge in [-0.1, -0.05) is 32.9 Å². The van der Waals surface area contributed by atoms with Gasteiger partial charge in [0, 0.05) is 19.5 Å². The number of para-hydroxylation sites is 2. The summed E-state index contributed by atoms with van der Waals surface area (Å²) in [5, 5.41) is 2.95. The van der Waals surface area contributed by atoms with Crippen LogP contribution in [0.4, 0.5) is 0 Å². The van der Waals surface area contributed by atoms with Crippen LogP contribution in [0.5, 0.6) is 0 Å². The van der Waals surface area contributed by atoms with Crippen LogP contribution in [0.25, 0.3) is 11.0 Å². The quantitative estimate of drug-likeness (QED) is 0.748. The number of hydrogen-bond donors (Lipinski definition) is 1. The number of rotatable bonds is 9. The Morgan fingerprint density at radius 2 is 1.81 bits per heavy atom. The monoisotopic (exact) mass is 358 g/mol. The lowest BCUT2D eigenvalue weighted by molar-refractivity contribution is -0.131. The number of nitrogens with one attached hydrogen (secondary N) is 1. The summed E-state index contributed by atoms with van der Waals surface area (Å²) in [5.74, 6) is 0.780. The van der Waals surface area contributed by atoms with Crippen molar-refractivity contribution in [1.82, 2.24) is 19.8 Å². The summed E-state index contributed by atoms with van der Waals surface area (Å²) in [7, 11) is 0. The first-order valence-electron chi connectivity index (χ1n) is 9.54. The van der Waals surface area contributed by atoms with Gasteiger partial charge in [-0.3, -0.25) is 9.59 Å². The van der Waals surface area contributed by atoms with Crippen molar-refractivity contribution >= 4 is 22.8 Å². The number of amides is 2. The van der Waals surface area contributed by atoms with Crippen LogP contribution in [-0.2, 0) is 16.1 Å². The highest BCUT2D eigenvalue weighted by molar-refractivity contribution is 5.81. The Morgan fingerprint density at radius 3 is 2.42 bits per heavy atom. The van der Waals surface area contributed by atoms with Gasteiger partial charge in [0.25, 0.3) is 0 Å². The van der Waals surface area contributed by atoms with Crippen molar-refractivity contribution in [2.45, 2.75) is 59.5 Å². The SMILES string of the molecule is CCCN(CCC)C(=O)Cn1c(C(C)NC(=O)CC)nc2ccccc21. The number of carbonyl (C=O) groups excluding carboxylic acids is 2. The smallest absolute Gasteiger partial charge is 0.242 e. The van der Waals surface area contributed by atoms with Crippen LogP contribution in [0.1, 0.15) is 58.8 Å². The van der Waals surface area contributed by atoms with Crippen LogP contribution in [0.15, 0.2) is 24.3 Å². The Labute approximate surface area is 155 Å². The minimum absolute atomic E-state index is 0.0268. The largest absolute Gasteiger partial charge is 0.346 e. The number of fused-ring (bicyclic) bond motifs is 1. The van der Waals surface area contributed by atoms with Gasteiger partial charge in [0.05, 0.1) is 17.1 Å². The summed E-state index contributed by atoms with van der Waals surface area (Å²) in [6.45, 7) is 9.65. The molecule has 0 aliphatic carbocycles. The molecule has 0 aliphatic heterocycles. The second-order valence-corrected chi connectivity index (χ2v) is 6.57. The van der Waals surface area contributed by atoms with Crippen LogP contribution >= 0.6 is 0 Å². The summed E-state index contributed by atoms with van der Waals surface area (Å²) in [6, 6.07) is 7.52. The lowest BCUT2D eigenvalue weighted by Gasteiger charge is -2.23. The lowest BCUT2D eigenvalue weighted by atomic mass is 10.2. The first-order valence-corrected chi connectivity index (χ1v) is 9.54. The van der Waals surface area contributed by atoms with E-state index in [0.29, 0.717) is 12.2 Å². The van der Waals surface area contributed by atoms with E-state index in [1.54, 1.807) is 0 Å². The minimum atomic E-state index is -0.256. The molecule has 6 nitrogen and oxygen atoms in total. The molecule has 1 aromatic carbocycles.